The molecule has 13 heteroatoms. The van der Waals surface area contributed by atoms with E-state index in [1.807, 2.05) is 0 Å². The number of aliphatic hydroxyl groups is 1. The average molecular weight is 339 g/mol. The molecular formula is C10H9F4N5O4. The summed E-state index contributed by atoms with van der Waals surface area (Å²) in [6.07, 6.45) is -6.94. The van der Waals surface area contributed by atoms with E-state index in [0.29, 0.717) is 0 Å². The Labute approximate surface area is 124 Å². The predicted octanol–water partition coefficient (Wildman–Crippen LogP) is 0.598. The highest BCUT2D eigenvalue weighted by Crippen LogP contribution is 2.33. The van der Waals surface area contributed by atoms with Crippen molar-refractivity contribution < 1.29 is 32.4 Å². The standard InChI is InChI=1S/C10H9F4N5O4/c11-8(12)5-3-10(21,9(13)14)18(15-5)7(20)4-17-2-1-6(16-17)19(22)23/h1-2,8-9,21H,3-4H2/t10-/m0/s1. The van der Waals surface area contributed by atoms with Crippen LogP contribution in [-0.4, -0.2) is 55.0 Å². The first kappa shape index (κ1) is 16.8. The fraction of sp³-hybridized carbons (Fsp3) is 0.500. The monoisotopic (exact) mass is 339 g/mol. The van der Waals surface area contributed by atoms with E-state index in [1.165, 1.54) is 0 Å². The fourth-order valence-electron chi connectivity index (χ4n) is 1.90. The number of rotatable bonds is 5. The Morgan fingerprint density at radius 2 is 2.13 bits per heavy atom. The molecule has 1 N–H and O–H groups in total. The largest absolute Gasteiger partial charge is 0.389 e. The number of aromatic nitrogens is 2. The molecule has 1 atom stereocenters. The van der Waals surface area contributed by atoms with E-state index in [1.54, 1.807) is 0 Å². The third-order valence-corrected chi connectivity index (χ3v) is 2.99. The van der Waals surface area contributed by atoms with Crippen LogP contribution in [0, 0.1) is 10.1 Å². The van der Waals surface area contributed by atoms with Gasteiger partial charge in [-0.2, -0.15) is 14.8 Å². The van der Waals surface area contributed by atoms with Gasteiger partial charge in [0.1, 0.15) is 12.3 Å². The summed E-state index contributed by atoms with van der Waals surface area (Å²) in [5.74, 6) is -1.87. The molecule has 126 valence electrons. The van der Waals surface area contributed by atoms with Crippen molar-refractivity contribution in [3.05, 3.63) is 22.4 Å². The molecule has 1 aliphatic heterocycles. The van der Waals surface area contributed by atoms with Crippen molar-refractivity contribution in [1.29, 1.82) is 0 Å². The number of hydrazone groups is 1. The van der Waals surface area contributed by atoms with Crippen molar-refractivity contribution in [2.45, 2.75) is 31.5 Å². The molecule has 0 bridgehead atoms. The Balaban J connectivity index is 2.22. The first-order chi connectivity index (χ1) is 10.6. The van der Waals surface area contributed by atoms with Crippen LogP contribution < -0.4 is 0 Å². The van der Waals surface area contributed by atoms with Gasteiger partial charge in [0.05, 0.1) is 17.4 Å². The molecule has 0 aliphatic carbocycles. The molecule has 0 fully saturated rings. The lowest BCUT2D eigenvalue weighted by molar-refractivity contribution is -0.389. The minimum atomic E-state index is -3.54. The number of halogens is 4. The van der Waals surface area contributed by atoms with Crippen LogP contribution >= 0.6 is 0 Å². The smallest absolute Gasteiger partial charge is 0.364 e. The zero-order valence-corrected chi connectivity index (χ0v) is 11.1. The molecule has 1 aromatic rings. The molecule has 2 heterocycles. The maximum Gasteiger partial charge on any atom is 0.389 e. The lowest BCUT2D eigenvalue weighted by atomic mass is 10.1. The Morgan fingerprint density at radius 1 is 1.48 bits per heavy atom. The summed E-state index contributed by atoms with van der Waals surface area (Å²) in [6.45, 7) is -0.803. The number of carbonyl (C=O) groups is 1. The molecule has 0 spiro atoms. The molecule has 23 heavy (non-hydrogen) atoms. The van der Waals surface area contributed by atoms with E-state index >= 15 is 0 Å². The zero-order chi connectivity index (χ0) is 17.4. The van der Waals surface area contributed by atoms with Crippen LogP contribution in [0.1, 0.15) is 6.42 Å². The highest BCUT2D eigenvalue weighted by atomic mass is 19.3. The highest BCUT2D eigenvalue weighted by Gasteiger charge is 2.53. The van der Waals surface area contributed by atoms with Crippen molar-refractivity contribution >= 4 is 17.4 Å². The average Bonchev–Trinajstić information content (AvgIpc) is 3.04. The first-order valence-corrected chi connectivity index (χ1v) is 6.02. The third kappa shape index (κ3) is 3.13. The maximum atomic E-state index is 12.9. The van der Waals surface area contributed by atoms with Crippen LogP contribution in [0.5, 0.6) is 0 Å². The second kappa shape index (κ2) is 5.91. The number of amides is 1. The zero-order valence-electron chi connectivity index (χ0n) is 11.1. The van der Waals surface area contributed by atoms with E-state index in [0.717, 1.165) is 16.9 Å². The molecule has 0 saturated carbocycles. The Kier molecular flexibility index (Phi) is 4.31. The van der Waals surface area contributed by atoms with E-state index in [-0.39, 0.29) is 5.01 Å². The van der Waals surface area contributed by atoms with Gasteiger partial charge in [0.25, 0.3) is 18.8 Å². The van der Waals surface area contributed by atoms with Gasteiger partial charge in [0.2, 0.25) is 5.72 Å². The number of hydrogen-bond acceptors (Lipinski definition) is 6. The van der Waals surface area contributed by atoms with E-state index in [4.69, 9.17) is 0 Å². The van der Waals surface area contributed by atoms with Gasteiger partial charge in [-0.1, -0.05) is 0 Å². The van der Waals surface area contributed by atoms with Crippen molar-refractivity contribution in [2.75, 3.05) is 0 Å². The Bertz CT molecular complexity index is 663. The molecule has 1 amide bonds. The van der Waals surface area contributed by atoms with Crippen molar-refractivity contribution in [3.8, 4) is 0 Å². The van der Waals surface area contributed by atoms with Crippen molar-refractivity contribution in [1.82, 2.24) is 14.8 Å². The van der Waals surface area contributed by atoms with E-state index < -0.39 is 53.9 Å². The minimum Gasteiger partial charge on any atom is -0.364 e. The lowest BCUT2D eigenvalue weighted by Gasteiger charge is -2.29. The van der Waals surface area contributed by atoms with Gasteiger partial charge in [0.15, 0.2) is 0 Å². The van der Waals surface area contributed by atoms with Crippen LogP contribution in [-0.2, 0) is 11.3 Å². The summed E-state index contributed by atoms with van der Waals surface area (Å²) < 4.78 is 51.8. The van der Waals surface area contributed by atoms with Gasteiger partial charge in [-0.05, 0) is 4.92 Å². The van der Waals surface area contributed by atoms with Crippen LogP contribution in [0.2, 0.25) is 0 Å². The number of carbonyl (C=O) groups excluding carboxylic acids is 1. The predicted molar refractivity (Wildman–Crippen MR) is 64.7 cm³/mol. The summed E-state index contributed by atoms with van der Waals surface area (Å²) in [5.41, 5.74) is -4.25. The van der Waals surface area contributed by atoms with Gasteiger partial charge in [-0.25, -0.2) is 17.6 Å². The van der Waals surface area contributed by atoms with Crippen molar-refractivity contribution in [3.63, 3.8) is 0 Å². The number of nitrogens with zero attached hydrogens (tertiary/aromatic N) is 5. The highest BCUT2D eigenvalue weighted by molar-refractivity contribution is 5.92. The number of hydrogen-bond donors (Lipinski definition) is 1. The summed E-state index contributed by atoms with van der Waals surface area (Å²) in [4.78, 5) is 21.5. The molecule has 0 unspecified atom stereocenters. The summed E-state index contributed by atoms with van der Waals surface area (Å²) in [6, 6.07) is 0.949. The molecule has 1 aliphatic rings. The number of nitro groups is 1. The first-order valence-electron chi connectivity index (χ1n) is 6.02. The quantitative estimate of drug-likeness (QED) is 0.479. The molecule has 2 rings (SSSR count). The fourth-order valence-corrected chi connectivity index (χ4v) is 1.90. The molecular weight excluding hydrogens is 330 g/mol. The van der Waals surface area contributed by atoms with Gasteiger partial charge in [-0.15, -0.1) is 0 Å². The Morgan fingerprint density at radius 3 is 2.61 bits per heavy atom. The lowest BCUT2D eigenvalue weighted by Crippen LogP contribution is -2.52. The molecule has 1 aromatic heterocycles. The maximum absolute atomic E-state index is 12.9. The second-order valence-electron chi connectivity index (χ2n) is 4.58. The summed E-state index contributed by atoms with van der Waals surface area (Å²) in [7, 11) is 0. The van der Waals surface area contributed by atoms with Crippen LogP contribution in [0.3, 0.4) is 0 Å². The molecule has 0 aromatic carbocycles. The third-order valence-electron chi connectivity index (χ3n) is 2.99. The molecule has 0 radical (unpaired) electrons. The van der Waals surface area contributed by atoms with E-state index in [2.05, 4.69) is 10.2 Å². The molecule has 0 saturated heterocycles. The SMILES string of the molecule is O=C(Cn1ccc([N+](=O)[O-])n1)N1N=C(C(F)F)C[C@]1(O)C(F)F. The van der Waals surface area contributed by atoms with Gasteiger partial charge >= 0.3 is 5.82 Å². The Hall–Kier alpha value is -2.57. The van der Waals surface area contributed by atoms with Crippen molar-refractivity contribution in [2.24, 2.45) is 5.10 Å². The van der Waals surface area contributed by atoms with Crippen LogP contribution in [0.25, 0.3) is 0 Å². The van der Waals surface area contributed by atoms with Gasteiger partial charge in [-0.3, -0.25) is 4.79 Å². The topological polar surface area (TPSA) is 114 Å². The summed E-state index contributed by atoms with van der Waals surface area (Å²) in [5, 5.41) is 26.5. The minimum absolute atomic E-state index is 0.132. The molecule has 9 nitrogen and oxygen atoms in total. The van der Waals surface area contributed by atoms with Crippen LogP contribution in [0.15, 0.2) is 17.4 Å². The van der Waals surface area contributed by atoms with Gasteiger partial charge < -0.3 is 15.2 Å². The normalized spacial score (nSPS) is 21.2. The van der Waals surface area contributed by atoms with E-state index in [9.17, 15) is 37.6 Å². The van der Waals surface area contributed by atoms with Crippen LogP contribution in [0.4, 0.5) is 23.4 Å². The number of alkyl halides is 4. The summed E-state index contributed by atoms with van der Waals surface area (Å²) >= 11 is 0. The second-order valence-corrected chi connectivity index (χ2v) is 4.58. The van der Waals surface area contributed by atoms with Gasteiger partial charge in [0, 0.05) is 6.42 Å².